The van der Waals surface area contributed by atoms with Crippen LogP contribution in [0.25, 0.3) is 0 Å². The molecule has 3 heteroatoms. The monoisotopic (exact) mass is 226 g/mol. The molecular formula is C13H26N2O. The summed E-state index contributed by atoms with van der Waals surface area (Å²) < 4.78 is 5.54. The minimum absolute atomic E-state index is 0.434. The van der Waals surface area contributed by atoms with Crippen molar-refractivity contribution in [2.75, 3.05) is 26.3 Å². The standard InChI is InChI=1S/C13H26N2O/c1-2-11-10-15(7-5-13(11)14)12-4-3-8-16-9-6-12/h11-13H,2-10,14H2,1H3. The van der Waals surface area contributed by atoms with Gasteiger partial charge in [0, 0.05) is 31.8 Å². The number of ether oxygens (including phenoxy) is 1. The van der Waals surface area contributed by atoms with Crippen molar-refractivity contribution in [1.29, 1.82) is 0 Å². The molecule has 0 aromatic rings. The maximum atomic E-state index is 6.16. The predicted octanol–water partition coefficient (Wildman–Crippen LogP) is 1.61. The second-order valence-electron chi connectivity index (χ2n) is 5.31. The maximum absolute atomic E-state index is 6.16. The van der Waals surface area contributed by atoms with Crippen molar-refractivity contribution in [1.82, 2.24) is 4.90 Å². The zero-order valence-corrected chi connectivity index (χ0v) is 10.5. The van der Waals surface area contributed by atoms with E-state index in [0.717, 1.165) is 19.3 Å². The fourth-order valence-corrected chi connectivity index (χ4v) is 3.09. The Morgan fingerprint density at radius 3 is 2.94 bits per heavy atom. The van der Waals surface area contributed by atoms with Gasteiger partial charge >= 0.3 is 0 Å². The molecule has 16 heavy (non-hydrogen) atoms. The SMILES string of the molecule is CCC1CN(C2CCCOCC2)CCC1N. The molecule has 2 heterocycles. The van der Waals surface area contributed by atoms with Crippen LogP contribution in [0.15, 0.2) is 0 Å². The lowest BCUT2D eigenvalue weighted by Crippen LogP contribution is -2.50. The quantitative estimate of drug-likeness (QED) is 0.777. The van der Waals surface area contributed by atoms with Crippen LogP contribution in [0.5, 0.6) is 0 Å². The number of nitrogens with two attached hydrogens (primary N) is 1. The Bertz CT molecular complexity index is 202. The van der Waals surface area contributed by atoms with Crippen LogP contribution in [0.2, 0.25) is 0 Å². The van der Waals surface area contributed by atoms with Crippen molar-refractivity contribution < 1.29 is 4.74 Å². The van der Waals surface area contributed by atoms with Gasteiger partial charge in [-0.1, -0.05) is 13.3 Å². The molecular weight excluding hydrogens is 200 g/mol. The van der Waals surface area contributed by atoms with Crippen LogP contribution >= 0.6 is 0 Å². The summed E-state index contributed by atoms with van der Waals surface area (Å²) in [7, 11) is 0. The van der Waals surface area contributed by atoms with Crippen LogP contribution in [0.4, 0.5) is 0 Å². The summed E-state index contributed by atoms with van der Waals surface area (Å²) in [4.78, 5) is 2.67. The third kappa shape index (κ3) is 2.96. The van der Waals surface area contributed by atoms with E-state index in [1.807, 2.05) is 0 Å². The Morgan fingerprint density at radius 2 is 2.12 bits per heavy atom. The lowest BCUT2D eigenvalue weighted by atomic mass is 9.89. The highest BCUT2D eigenvalue weighted by molar-refractivity contribution is 4.86. The van der Waals surface area contributed by atoms with Crippen molar-refractivity contribution in [2.45, 2.75) is 51.1 Å². The number of piperidine rings is 1. The molecule has 0 aromatic carbocycles. The van der Waals surface area contributed by atoms with Crippen LogP contribution in [0.1, 0.15) is 39.0 Å². The van der Waals surface area contributed by atoms with Crippen LogP contribution in [-0.4, -0.2) is 43.3 Å². The number of nitrogens with zero attached hydrogens (tertiary/aromatic N) is 1. The second-order valence-corrected chi connectivity index (χ2v) is 5.31. The highest BCUT2D eigenvalue weighted by Crippen LogP contribution is 2.24. The molecule has 0 bridgehead atoms. The molecule has 2 N–H and O–H groups in total. The van der Waals surface area contributed by atoms with Crippen LogP contribution in [0, 0.1) is 5.92 Å². The van der Waals surface area contributed by atoms with E-state index in [0.29, 0.717) is 12.0 Å². The molecule has 0 spiro atoms. The molecule has 2 saturated heterocycles. The predicted molar refractivity (Wildman–Crippen MR) is 66.4 cm³/mol. The Hall–Kier alpha value is -0.120. The van der Waals surface area contributed by atoms with E-state index in [1.54, 1.807) is 0 Å². The van der Waals surface area contributed by atoms with Gasteiger partial charge in [0.15, 0.2) is 0 Å². The van der Waals surface area contributed by atoms with Gasteiger partial charge in [-0.05, 0) is 38.1 Å². The van der Waals surface area contributed by atoms with E-state index in [4.69, 9.17) is 10.5 Å². The van der Waals surface area contributed by atoms with Gasteiger partial charge < -0.3 is 10.5 Å². The van der Waals surface area contributed by atoms with E-state index < -0.39 is 0 Å². The molecule has 0 amide bonds. The average molecular weight is 226 g/mol. The van der Waals surface area contributed by atoms with Crippen LogP contribution < -0.4 is 5.73 Å². The van der Waals surface area contributed by atoms with Gasteiger partial charge in [0.25, 0.3) is 0 Å². The zero-order chi connectivity index (χ0) is 11.4. The first-order valence-electron chi connectivity index (χ1n) is 6.88. The zero-order valence-electron chi connectivity index (χ0n) is 10.5. The van der Waals surface area contributed by atoms with Gasteiger partial charge in [-0.25, -0.2) is 0 Å². The largest absolute Gasteiger partial charge is 0.381 e. The molecule has 0 radical (unpaired) electrons. The molecule has 94 valence electrons. The Balaban J connectivity index is 1.88. The molecule has 3 unspecified atom stereocenters. The fourth-order valence-electron chi connectivity index (χ4n) is 3.09. The van der Waals surface area contributed by atoms with Gasteiger partial charge in [0.1, 0.15) is 0 Å². The summed E-state index contributed by atoms with van der Waals surface area (Å²) in [5, 5.41) is 0. The minimum Gasteiger partial charge on any atom is -0.381 e. The molecule has 2 rings (SSSR count). The van der Waals surface area contributed by atoms with E-state index in [1.165, 1.54) is 45.2 Å². The maximum Gasteiger partial charge on any atom is 0.0480 e. The molecule has 0 saturated carbocycles. The molecule has 0 aliphatic carbocycles. The van der Waals surface area contributed by atoms with E-state index in [2.05, 4.69) is 11.8 Å². The van der Waals surface area contributed by atoms with Crippen molar-refractivity contribution in [2.24, 2.45) is 11.7 Å². The molecule has 2 aliphatic heterocycles. The third-order valence-corrected chi connectivity index (χ3v) is 4.29. The van der Waals surface area contributed by atoms with Crippen molar-refractivity contribution >= 4 is 0 Å². The Morgan fingerprint density at radius 1 is 1.25 bits per heavy atom. The Labute approximate surface area is 99.3 Å². The van der Waals surface area contributed by atoms with Crippen LogP contribution in [0.3, 0.4) is 0 Å². The average Bonchev–Trinajstić information content (AvgIpc) is 2.58. The lowest BCUT2D eigenvalue weighted by Gasteiger charge is -2.40. The number of likely N-dealkylation sites (tertiary alicyclic amines) is 1. The van der Waals surface area contributed by atoms with Crippen molar-refractivity contribution in [3.05, 3.63) is 0 Å². The summed E-state index contributed by atoms with van der Waals surface area (Å²) >= 11 is 0. The van der Waals surface area contributed by atoms with Crippen LogP contribution in [-0.2, 0) is 4.74 Å². The first kappa shape index (κ1) is 12.3. The van der Waals surface area contributed by atoms with Gasteiger partial charge in [0.2, 0.25) is 0 Å². The number of hydrogen-bond donors (Lipinski definition) is 1. The molecule has 2 aliphatic rings. The fraction of sp³-hybridized carbons (Fsp3) is 1.00. The molecule has 0 aromatic heterocycles. The van der Waals surface area contributed by atoms with Gasteiger partial charge in [0.05, 0.1) is 0 Å². The second kappa shape index (κ2) is 5.99. The lowest BCUT2D eigenvalue weighted by molar-refractivity contribution is 0.0889. The number of rotatable bonds is 2. The van der Waals surface area contributed by atoms with E-state index in [9.17, 15) is 0 Å². The van der Waals surface area contributed by atoms with Gasteiger partial charge in [-0.3, -0.25) is 4.90 Å². The van der Waals surface area contributed by atoms with E-state index >= 15 is 0 Å². The topological polar surface area (TPSA) is 38.5 Å². The summed E-state index contributed by atoms with van der Waals surface area (Å²) in [6.07, 6.45) is 6.15. The summed E-state index contributed by atoms with van der Waals surface area (Å²) in [5.74, 6) is 0.706. The summed E-state index contributed by atoms with van der Waals surface area (Å²) in [6.45, 7) is 6.58. The molecule has 2 fully saturated rings. The molecule has 3 atom stereocenters. The highest BCUT2D eigenvalue weighted by Gasteiger charge is 2.29. The summed E-state index contributed by atoms with van der Waals surface area (Å²) in [5.41, 5.74) is 6.16. The normalized spacial score (nSPS) is 38.2. The van der Waals surface area contributed by atoms with Crippen molar-refractivity contribution in [3.8, 4) is 0 Å². The number of hydrogen-bond acceptors (Lipinski definition) is 3. The smallest absolute Gasteiger partial charge is 0.0480 e. The van der Waals surface area contributed by atoms with Gasteiger partial charge in [-0.15, -0.1) is 0 Å². The van der Waals surface area contributed by atoms with Gasteiger partial charge in [-0.2, -0.15) is 0 Å². The van der Waals surface area contributed by atoms with Crippen molar-refractivity contribution in [3.63, 3.8) is 0 Å². The first-order chi connectivity index (χ1) is 7.81. The molecule has 3 nitrogen and oxygen atoms in total. The summed E-state index contributed by atoms with van der Waals surface area (Å²) in [6, 6.07) is 1.19. The first-order valence-corrected chi connectivity index (χ1v) is 6.88. The highest BCUT2D eigenvalue weighted by atomic mass is 16.5. The van der Waals surface area contributed by atoms with E-state index in [-0.39, 0.29) is 0 Å². The Kier molecular flexibility index (Phi) is 4.62. The minimum atomic E-state index is 0.434. The third-order valence-electron chi connectivity index (χ3n) is 4.29.